The summed E-state index contributed by atoms with van der Waals surface area (Å²) >= 11 is 0. The van der Waals surface area contributed by atoms with Crippen molar-refractivity contribution in [1.82, 2.24) is 4.90 Å². The van der Waals surface area contributed by atoms with Gasteiger partial charge in [0.1, 0.15) is 0 Å². The van der Waals surface area contributed by atoms with Gasteiger partial charge in [0.2, 0.25) is 0 Å². The Bertz CT molecular complexity index is 377. The molecule has 0 aliphatic carbocycles. The zero-order valence-electron chi connectivity index (χ0n) is 10.2. The van der Waals surface area contributed by atoms with Gasteiger partial charge >= 0.3 is 5.97 Å². The van der Waals surface area contributed by atoms with Gasteiger partial charge in [0.25, 0.3) is 0 Å². The molecule has 2 rings (SSSR count). The highest BCUT2D eigenvalue weighted by atomic mass is 16.4. The van der Waals surface area contributed by atoms with Crippen LogP contribution in [0.25, 0.3) is 0 Å². The van der Waals surface area contributed by atoms with Gasteiger partial charge in [0.05, 0.1) is 5.92 Å². The van der Waals surface area contributed by atoms with Crippen molar-refractivity contribution in [2.75, 3.05) is 13.1 Å². The molecule has 2 atom stereocenters. The topological polar surface area (TPSA) is 40.5 Å². The Morgan fingerprint density at radius 3 is 2.71 bits per heavy atom. The van der Waals surface area contributed by atoms with Crippen LogP contribution in [-0.4, -0.2) is 29.1 Å². The minimum Gasteiger partial charge on any atom is -0.481 e. The Labute approximate surface area is 102 Å². The lowest BCUT2D eigenvalue weighted by atomic mass is 10.0. The van der Waals surface area contributed by atoms with Gasteiger partial charge in [-0.05, 0) is 24.9 Å². The number of aliphatic carboxylic acids is 1. The summed E-state index contributed by atoms with van der Waals surface area (Å²) in [5, 5.41) is 9.03. The highest BCUT2D eigenvalue weighted by molar-refractivity contribution is 5.70. The van der Waals surface area contributed by atoms with Crippen LogP contribution in [0.5, 0.6) is 0 Å². The molecule has 3 nitrogen and oxygen atoms in total. The van der Waals surface area contributed by atoms with Crippen LogP contribution < -0.4 is 0 Å². The Balaban J connectivity index is 2.08. The van der Waals surface area contributed by atoms with Crippen molar-refractivity contribution in [2.24, 2.45) is 5.92 Å². The molecule has 1 N–H and O–H groups in total. The van der Waals surface area contributed by atoms with E-state index in [1.807, 2.05) is 18.2 Å². The number of nitrogens with zero attached hydrogens (tertiary/aromatic N) is 1. The van der Waals surface area contributed by atoms with Gasteiger partial charge in [-0.1, -0.05) is 37.3 Å². The van der Waals surface area contributed by atoms with E-state index >= 15 is 0 Å². The average molecular weight is 233 g/mol. The number of hydrogen-bond acceptors (Lipinski definition) is 2. The molecule has 92 valence electrons. The highest BCUT2D eigenvalue weighted by Gasteiger charge is 2.31. The zero-order chi connectivity index (χ0) is 12.3. The van der Waals surface area contributed by atoms with E-state index < -0.39 is 5.97 Å². The molecular formula is C14H19NO2. The normalized spacial score (nSPS) is 22.5. The fourth-order valence-electron chi connectivity index (χ4n) is 2.65. The predicted molar refractivity (Wildman–Crippen MR) is 66.8 cm³/mol. The van der Waals surface area contributed by atoms with E-state index in [0.717, 1.165) is 19.4 Å². The van der Waals surface area contributed by atoms with Gasteiger partial charge < -0.3 is 5.11 Å². The van der Waals surface area contributed by atoms with Gasteiger partial charge in [-0.2, -0.15) is 0 Å². The van der Waals surface area contributed by atoms with E-state index in [-0.39, 0.29) is 5.92 Å². The number of hydrogen-bond donors (Lipinski definition) is 1. The second-order valence-corrected chi connectivity index (χ2v) is 4.65. The van der Waals surface area contributed by atoms with Gasteiger partial charge in [0, 0.05) is 12.6 Å². The van der Waals surface area contributed by atoms with Crippen LogP contribution in [0.3, 0.4) is 0 Å². The van der Waals surface area contributed by atoms with E-state index in [1.54, 1.807) is 0 Å². The molecule has 1 saturated heterocycles. The third-order valence-electron chi connectivity index (χ3n) is 3.58. The number of likely N-dealkylation sites (tertiary alicyclic amines) is 1. The molecule has 0 unspecified atom stereocenters. The predicted octanol–water partition coefficient (Wildman–Crippen LogP) is 2.54. The SMILES string of the molecule is CC[C@H](c1ccccc1)N1CC[C@@H](C(=O)O)C1. The van der Waals surface area contributed by atoms with Crippen LogP contribution in [0.1, 0.15) is 31.4 Å². The average Bonchev–Trinajstić information content (AvgIpc) is 2.81. The first kappa shape index (κ1) is 12.1. The molecule has 1 fully saturated rings. The largest absolute Gasteiger partial charge is 0.481 e. The van der Waals surface area contributed by atoms with E-state index in [9.17, 15) is 4.79 Å². The first-order valence-electron chi connectivity index (χ1n) is 6.24. The minimum atomic E-state index is -0.657. The summed E-state index contributed by atoms with van der Waals surface area (Å²) in [6.07, 6.45) is 1.80. The smallest absolute Gasteiger partial charge is 0.307 e. The molecule has 0 amide bonds. The Morgan fingerprint density at radius 2 is 2.18 bits per heavy atom. The van der Waals surface area contributed by atoms with Crippen molar-refractivity contribution in [1.29, 1.82) is 0 Å². The Hall–Kier alpha value is -1.35. The molecular weight excluding hydrogens is 214 g/mol. The molecule has 1 aliphatic heterocycles. The summed E-state index contributed by atoms with van der Waals surface area (Å²) in [6.45, 7) is 3.73. The number of rotatable bonds is 4. The van der Waals surface area contributed by atoms with E-state index in [0.29, 0.717) is 12.6 Å². The van der Waals surface area contributed by atoms with Crippen molar-refractivity contribution in [3.05, 3.63) is 35.9 Å². The van der Waals surface area contributed by atoms with Crippen LogP contribution in [0, 0.1) is 5.92 Å². The minimum absolute atomic E-state index is 0.187. The molecule has 17 heavy (non-hydrogen) atoms. The van der Waals surface area contributed by atoms with E-state index in [2.05, 4.69) is 24.0 Å². The fraction of sp³-hybridized carbons (Fsp3) is 0.500. The number of carboxylic acids is 1. The number of carboxylic acid groups (broad SMARTS) is 1. The maximum absolute atomic E-state index is 11.0. The summed E-state index contributed by atoms with van der Waals surface area (Å²) in [5.74, 6) is -0.844. The summed E-state index contributed by atoms with van der Waals surface area (Å²) in [7, 11) is 0. The van der Waals surface area contributed by atoms with Crippen LogP contribution in [-0.2, 0) is 4.79 Å². The van der Waals surface area contributed by atoms with Gasteiger partial charge in [-0.15, -0.1) is 0 Å². The van der Waals surface area contributed by atoms with E-state index in [4.69, 9.17) is 5.11 Å². The van der Waals surface area contributed by atoms with Crippen LogP contribution in [0.15, 0.2) is 30.3 Å². The second kappa shape index (κ2) is 5.32. The third-order valence-corrected chi connectivity index (χ3v) is 3.58. The summed E-state index contributed by atoms with van der Waals surface area (Å²) in [5.41, 5.74) is 1.29. The van der Waals surface area contributed by atoms with Gasteiger partial charge in [0.15, 0.2) is 0 Å². The molecule has 0 saturated carbocycles. The lowest BCUT2D eigenvalue weighted by Crippen LogP contribution is -2.27. The maximum atomic E-state index is 11.0. The first-order valence-corrected chi connectivity index (χ1v) is 6.24. The molecule has 1 aromatic carbocycles. The summed E-state index contributed by atoms with van der Waals surface area (Å²) < 4.78 is 0. The number of carbonyl (C=O) groups is 1. The van der Waals surface area contributed by atoms with Crippen LogP contribution in [0.2, 0.25) is 0 Å². The Kier molecular flexibility index (Phi) is 3.79. The molecule has 3 heteroatoms. The van der Waals surface area contributed by atoms with Crippen LogP contribution in [0.4, 0.5) is 0 Å². The van der Waals surface area contributed by atoms with Crippen molar-refractivity contribution < 1.29 is 9.90 Å². The van der Waals surface area contributed by atoms with Crippen molar-refractivity contribution in [3.63, 3.8) is 0 Å². The zero-order valence-corrected chi connectivity index (χ0v) is 10.2. The van der Waals surface area contributed by atoms with Crippen molar-refractivity contribution in [3.8, 4) is 0 Å². The second-order valence-electron chi connectivity index (χ2n) is 4.65. The molecule has 1 aromatic rings. The fourth-order valence-corrected chi connectivity index (χ4v) is 2.65. The highest BCUT2D eigenvalue weighted by Crippen LogP contribution is 2.29. The Morgan fingerprint density at radius 1 is 1.47 bits per heavy atom. The van der Waals surface area contributed by atoms with Crippen LogP contribution >= 0.6 is 0 Å². The van der Waals surface area contributed by atoms with E-state index in [1.165, 1.54) is 5.56 Å². The third kappa shape index (κ3) is 2.67. The quantitative estimate of drug-likeness (QED) is 0.868. The molecule has 1 aliphatic rings. The summed E-state index contributed by atoms with van der Waals surface area (Å²) in [4.78, 5) is 13.3. The summed E-state index contributed by atoms with van der Waals surface area (Å²) in [6, 6.07) is 10.7. The van der Waals surface area contributed by atoms with Crippen molar-refractivity contribution >= 4 is 5.97 Å². The van der Waals surface area contributed by atoms with Gasteiger partial charge in [-0.3, -0.25) is 9.69 Å². The maximum Gasteiger partial charge on any atom is 0.307 e. The molecule has 1 heterocycles. The first-order chi connectivity index (χ1) is 8.22. The monoisotopic (exact) mass is 233 g/mol. The molecule has 0 radical (unpaired) electrons. The molecule has 0 aromatic heterocycles. The lowest BCUT2D eigenvalue weighted by Gasteiger charge is -2.27. The number of benzene rings is 1. The van der Waals surface area contributed by atoms with Gasteiger partial charge in [-0.25, -0.2) is 0 Å². The molecule has 0 bridgehead atoms. The van der Waals surface area contributed by atoms with Crippen molar-refractivity contribution in [2.45, 2.75) is 25.8 Å². The molecule has 0 spiro atoms. The standard InChI is InChI=1S/C14H19NO2/c1-2-13(11-6-4-3-5-7-11)15-9-8-12(10-15)14(16)17/h3-7,12-13H,2,8-10H2,1H3,(H,16,17)/t12-,13-/m1/s1. The lowest BCUT2D eigenvalue weighted by molar-refractivity contribution is -0.141.